The first kappa shape index (κ1) is 20.2. The number of fused-ring (bicyclic) bond motifs is 5. The van der Waals surface area contributed by atoms with Gasteiger partial charge in [-0.15, -0.1) is 21.5 Å². The first-order chi connectivity index (χ1) is 14.5. The molecule has 1 saturated heterocycles. The van der Waals surface area contributed by atoms with Crippen LogP contribution in [0.1, 0.15) is 49.4 Å². The van der Waals surface area contributed by atoms with Gasteiger partial charge in [0.05, 0.1) is 24.4 Å². The molecular weight excluding hydrogens is 418 g/mol. The zero-order valence-corrected chi connectivity index (χ0v) is 19.3. The van der Waals surface area contributed by atoms with Crippen molar-refractivity contribution in [2.45, 2.75) is 51.1 Å². The maximum atomic E-state index is 12.6. The molecule has 9 heteroatoms. The van der Waals surface area contributed by atoms with Crippen LogP contribution in [0.2, 0.25) is 0 Å². The molecule has 1 fully saturated rings. The Balaban J connectivity index is 1.53. The number of carbonyl (C=O) groups excluding carboxylic acids is 1. The normalized spacial score (nSPS) is 19.7. The molecule has 1 aliphatic carbocycles. The van der Waals surface area contributed by atoms with E-state index in [-0.39, 0.29) is 11.8 Å². The molecule has 0 saturated carbocycles. The first-order valence-electron chi connectivity index (χ1n) is 10.7. The van der Waals surface area contributed by atoms with Gasteiger partial charge >= 0.3 is 0 Å². The monoisotopic (exact) mass is 445 g/mol. The van der Waals surface area contributed by atoms with Gasteiger partial charge in [-0.2, -0.15) is 0 Å². The summed E-state index contributed by atoms with van der Waals surface area (Å²) < 4.78 is 7.44. The van der Waals surface area contributed by atoms with E-state index in [1.165, 1.54) is 34.0 Å². The predicted molar refractivity (Wildman–Crippen MR) is 120 cm³/mol. The lowest BCUT2D eigenvalue weighted by atomic mass is 9.89. The zero-order valence-electron chi connectivity index (χ0n) is 17.7. The van der Waals surface area contributed by atoms with Gasteiger partial charge in [0.25, 0.3) is 0 Å². The summed E-state index contributed by atoms with van der Waals surface area (Å²) >= 11 is 3.28. The molecule has 1 atom stereocenters. The van der Waals surface area contributed by atoms with E-state index in [2.05, 4.69) is 35.4 Å². The molecule has 0 radical (unpaired) electrons. The fourth-order valence-corrected chi connectivity index (χ4v) is 6.58. The van der Waals surface area contributed by atoms with Crippen molar-refractivity contribution in [1.29, 1.82) is 0 Å². The molecule has 30 heavy (non-hydrogen) atoms. The number of amides is 1. The lowest BCUT2D eigenvalue weighted by molar-refractivity contribution is -0.132. The number of thiophene rings is 1. The molecule has 0 bridgehead atoms. The molecule has 4 heterocycles. The van der Waals surface area contributed by atoms with Crippen LogP contribution in [0, 0.1) is 5.92 Å². The van der Waals surface area contributed by atoms with Crippen molar-refractivity contribution in [3.63, 3.8) is 0 Å². The minimum Gasteiger partial charge on any atom is -0.378 e. The van der Waals surface area contributed by atoms with E-state index >= 15 is 0 Å². The second-order valence-electron chi connectivity index (χ2n) is 8.58. The van der Waals surface area contributed by atoms with Crippen LogP contribution in [0.4, 0.5) is 0 Å². The number of carbonyl (C=O) groups is 1. The molecule has 5 rings (SSSR count). The van der Waals surface area contributed by atoms with E-state index in [9.17, 15) is 4.79 Å². The van der Waals surface area contributed by atoms with Crippen molar-refractivity contribution < 1.29 is 9.53 Å². The smallest absolute Gasteiger partial charge is 0.233 e. The molecule has 1 amide bonds. The molecule has 160 valence electrons. The van der Waals surface area contributed by atoms with Gasteiger partial charge in [-0.25, -0.2) is 4.98 Å². The van der Waals surface area contributed by atoms with Crippen LogP contribution in [0.5, 0.6) is 0 Å². The van der Waals surface area contributed by atoms with E-state index in [1.807, 2.05) is 16.2 Å². The van der Waals surface area contributed by atoms with Crippen molar-refractivity contribution in [1.82, 2.24) is 24.5 Å². The summed E-state index contributed by atoms with van der Waals surface area (Å²) in [5, 5.41) is 11.0. The summed E-state index contributed by atoms with van der Waals surface area (Å²) in [7, 11) is 0. The molecule has 1 aliphatic heterocycles. The third-order valence-electron chi connectivity index (χ3n) is 6.00. The van der Waals surface area contributed by atoms with E-state index in [0.29, 0.717) is 32.1 Å². The van der Waals surface area contributed by atoms with Crippen molar-refractivity contribution in [2.24, 2.45) is 5.92 Å². The number of aromatic nitrogens is 4. The Morgan fingerprint density at radius 3 is 2.87 bits per heavy atom. The number of ether oxygens (including phenoxy) is 1. The molecule has 0 N–H and O–H groups in total. The van der Waals surface area contributed by atoms with Crippen LogP contribution in [0.25, 0.3) is 15.9 Å². The third-order valence-corrected chi connectivity index (χ3v) is 8.06. The predicted octanol–water partition coefficient (Wildman–Crippen LogP) is 3.54. The number of morpholine rings is 1. The molecule has 1 unspecified atom stereocenters. The zero-order chi connectivity index (χ0) is 20.8. The average molecular weight is 446 g/mol. The van der Waals surface area contributed by atoms with Crippen LogP contribution in [0.3, 0.4) is 0 Å². The van der Waals surface area contributed by atoms with Gasteiger partial charge in [0.15, 0.2) is 10.8 Å². The average Bonchev–Trinajstić information content (AvgIpc) is 3.32. The molecular formula is C21H27N5O2S2. The van der Waals surface area contributed by atoms with Crippen molar-refractivity contribution in [3.05, 3.63) is 16.3 Å². The number of nitrogens with zero attached hydrogens (tertiary/aromatic N) is 5. The number of hydrogen-bond acceptors (Lipinski definition) is 7. The Kier molecular flexibility index (Phi) is 5.45. The van der Waals surface area contributed by atoms with Gasteiger partial charge in [-0.05, 0) is 30.7 Å². The quantitative estimate of drug-likeness (QED) is 0.572. The van der Waals surface area contributed by atoms with E-state index in [1.54, 1.807) is 0 Å². The highest BCUT2D eigenvalue weighted by Gasteiger charge is 2.27. The largest absolute Gasteiger partial charge is 0.378 e. The minimum atomic E-state index is 0.127. The number of rotatable bonds is 4. The molecule has 7 nitrogen and oxygen atoms in total. The van der Waals surface area contributed by atoms with Crippen molar-refractivity contribution >= 4 is 44.9 Å². The summed E-state index contributed by atoms with van der Waals surface area (Å²) in [4.78, 5) is 22.1. The minimum absolute atomic E-state index is 0.127. The van der Waals surface area contributed by atoms with E-state index in [4.69, 9.17) is 9.72 Å². The number of hydrogen-bond donors (Lipinski definition) is 0. The Morgan fingerprint density at radius 2 is 2.10 bits per heavy atom. The lowest BCUT2D eigenvalue weighted by Crippen LogP contribution is -2.41. The highest BCUT2D eigenvalue weighted by atomic mass is 32.2. The fourth-order valence-electron chi connectivity index (χ4n) is 4.35. The molecule has 0 spiro atoms. The Morgan fingerprint density at radius 1 is 1.30 bits per heavy atom. The maximum Gasteiger partial charge on any atom is 0.233 e. The summed E-state index contributed by atoms with van der Waals surface area (Å²) in [5.74, 6) is 2.41. The van der Waals surface area contributed by atoms with Crippen LogP contribution in [-0.2, 0) is 22.4 Å². The summed E-state index contributed by atoms with van der Waals surface area (Å²) in [5.41, 5.74) is 2.31. The second kappa shape index (κ2) is 8.09. The molecule has 3 aromatic rings. The van der Waals surface area contributed by atoms with Crippen LogP contribution in [-0.4, -0.2) is 62.4 Å². The summed E-state index contributed by atoms with van der Waals surface area (Å²) in [6.45, 7) is 9.19. The van der Waals surface area contributed by atoms with Gasteiger partial charge < -0.3 is 9.64 Å². The van der Waals surface area contributed by atoms with Gasteiger partial charge in [-0.1, -0.05) is 32.5 Å². The lowest BCUT2D eigenvalue weighted by Gasteiger charge is -2.26. The SMILES string of the molecule is CC1CCc2c(sc3nc(C(C)C)n4c(SCC(=O)N5CCOCC5)nnc4c23)C1. The van der Waals surface area contributed by atoms with Gasteiger partial charge in [0.1, 0.15) is 10.7 Å². The van der Waals surface area contributed by atoms with Gasteiger partial charge in [0.2, 0.25) is 5.91 Å². The first-order valence-corrected chi connectivity index (χ1v) is 12.5. The number of aryl methyl sites for hydroxylation is 1. The van der Waals surface area contributed by atoms with Crippen LogP contribution >= 0.6 is 23.1 Å². The summed E-state index contributed by atoms with van der Waals surface area (Å²) in [6.07, 6.45) is 3.42. The second-order valence-corrected chi connectivity index (χ2v) is 10.6. The maximum absolute atomic E-state index is 12.6. The van der Waals surface area contributed by atoms with Crippen molar-refractivity contribution in [3.8, 4) is 0 Å². The van der Waals surface area contributed by atoms with E-state index in [0.717, 1.165) is 40.2 Å². The van der Waals surface area contributed by atoms with Crippen molar-refractivity contribution in [2.75, 3.05) is 32.1 Å². The fraction of sp³-hybridized carbons (Fsp3) is 0.619. The number of thioether (sulfide) groups is 1. The Hall–Kier alpha value is -1.71. The van der Waals surface area contributed by atoms with Crippen LogP contribution < -0.4 is 0 Å². The van der Waals surface area contributed by atoms with E-state index < -0.39 is 0 Å². The molecule has 0 aromatic carbocycles. The highest BCUT2D eigenvalue weighted by Crippen LogP contribution is 2.40. The summed E-state index contributed by atoms with van der Waals surface area (Å²) in [6, 6.07) is 0. The Bertz CT molecular complexity index is 1100. The Labute approximate surface area is 184 Å². The van der Waals surface area contributed by atoms with Gasteiger partial charge in [0, 0.05) is 23.9 Å². The topological polar surface area (TPSA) is 72.6 Å². The standard InChI is InChI=1S/C21H27N5O2S2/c1-12(2)18-22-20-17(14-5-4-13(3)10-15(14)30-20)19-23-24-21(26(18)19)29-11-16(27)25-6-8-28-9-7-25/h12-13H,4-11H2,1-3H3. The van der Waals surface area contributed by atoms with Gasteiger partial charge in [-0.3, -0.25) is 9.20 Å². The third kappa shape index (κ3) is 3.50. The highest BCUT2D eigenvalue weighted by molar-refractivity contribution is 7.99. The van der Waals surface area contributed by atoms with Crippen LogP contribution in [0.15, 0.2) is 5.16 Å². The molecule has 2 aliphatic rings. The molecule has 3 aromatic heterocycles.